The van der Waals surface area contributed by atoms with Crippen LogP contribution < -0.4 is 19.3 Å². The highest BCUT2D eigenvalue weighted by atomic mass is 31.2. The molecule has 0 heterocycles. The van der Waals surface area contributed by atoms with Crippen molar-refractivity contribution in [3.8, 4) is 11.5 Å². The molecule has 41 heavy (non-hydrogen) atoms. The van der Waals surface area contributed by atoms with Gasteiger partial charge in [0.05, 0.1) is 33.2 Å². The van der Waals surface area contributed by atoms with Gasteiger partial charge in [-0.15, -0.1) is 0 Å². The SMILES string of the molecule is CC[C@](O)(c1cccc(OC)c1)[C@H](C)CN(C)C.CC[C@](O)(c1cccc(OC)c1)[C@H](C)CN(C)C.O=P([O-])([O-])O. The molecule has 0 saturated carbocycles. The molecule has 0 amide bonds. The van der Waals surface area contributed by atoms with Gasteiger partial charge in [0.25, 0.3) is 0 Å². The zero-order chi connectivity index (χ0) is 32.0. The molecule has 4 atom stereocenters. The maximum atomic E-state index is 10.9. The molecule has 0 aromatic heterocycles. The predicted octanol–water partition coefficient (Wildman–Crippen LogP) is 2.79. The van der Waals surface area contributed by atoms with Crippen LogP contribution in [-0.4, -0.2) is 80.4 Å². The van der Waals surface area contributed by atoms with Gasteiger partial charge in [0.15, 0.2) is 0 Å². The third kappa shape index (κ3) is 13.7. The molecule has 10 nitrogen and oxygen atoms in total. The molecule has 236 valence electrons. The minimum atomic E-state index is -5.14. The van der Waals surface area contributed by atoms with Crippen LogP contribution in [0.3, 0.4) is 0 Å². The Morgan fingerprint density at radius 3 is 1.29 bits per heavy atom. The van der Waals surface area contributed by atoms with Crippen LogP contribution in [0.2, 0.25) is 0 Å². The fourth-order valence-electron chi connectivity index (χ4n) is 4.86. The van der Waals surface area contributed by atoms with Crippen molar-refractivity contribution in [3.05, 3.63) is 59.7 Å². The Hall–Kier alpha value is -2.01. The number of methoxy groups -OCH3 is 2. The second-order valence-electron chi connectivity index (χ2n) is 10.8. The Kier molecular flexibility index (Phi) is 17.0. The van der Waals surface area contributed by atoms with Gasteiger partial charge in [-0.2, -0.15) is 0 Å². The van der Waals surface area contributed by atoms with Gasteiger partial charge in [-0.1, -0.05) is 52.0 Å². The quantitative estimate of drug-likeness (QED) is 0.312. The molecule has 0 spiro atoms. The Bertz CT molecular complexity index is 983. The molecule has 0 aliphatic carbocycles. The van der Waals surface area contributed by atoms with Crippen LogP contribution >= 0.6 is 7.82 Å². The van der Waals surface area contributed by atoms with E-state index in [4.69, 9.17) is 28.7 Å². The van der Waals surface area contributed by atoms with Crippen LogP contribution in [0.5, 0.6) is 11.5 Å². The van der Waals surface area contributed by atoms with E-state index < -0.39 is 19.0 Å². The van der Waals surface area contributed by atoms with E-state index in [1.54, 1.807) is 14.2 Å². The molecule has 3 N–H and O–H groups in total. The number of nitrogens with zero attached hydrogens (tertiary/aromatic N) is 2. The van der Waals surface area contributed by atoms with Crippen LogP contribution in [0.4, 0.5) is 0 Å². The molecule has 0 bridgehead atoms. The van der Waals surface area contributed by atoms with E-state index in [0.29, 0.717) is 12.8 Å². The van der Waals surface area contributed by atoms with Crippen molar-refractivity contribution in [2.75, 3.05) is 55.5 Å². The summed E-state index contributed by atoms with van der Waals surface area (Å²) in [5.74, 6) is 1.89. The Morgan fingerprint density at radius 1 is 0.780 bits per heavy atom. The molecule has 0 fully saturated rings. The lowest BCUT2D eigenvalue weighted by atomic mass is 9.80. The first kappa shape index (κ1) is 39.0. The number of ether oxygens (including phenoxy) is 2. The highest BCUT2D eigenvalue weighted by molar-refractivity contribution is 7.42. The first-order valence-corrected chi connectivity index (χ1v) is 15.1. The first-order chi connectivity index (χ1) is 18.9. The second kappa shape index (κ2) is 17.8. The molecule has 11 heteroatoms. The molecular formula is C30H51N2O8P-2. The summed E-state index contributed by atoms with van der Waals surface area (Å²) in [7, 11) is 6.26. The third-order valence-electron chi connectivity index (χ3n) is 7.13. The fourth-order valence-corrected chi connectivity index (χ4v) is 4.86. The molecular weight excluding hydrogens is 547 g/mol. The van der Waals surface area contributed by atoms with Crippen molar-refractivity contribution in [2.45, 2.75) is 51.7 Å². The summed E-state index contributed by atoms with van der Waals surface area (Å²) in [6, 6.07) is 15.4. The van der Waals surface area contributed by atoms with Gasteiger partial charge >= 0.3 is 0 Å². The van der Waals surface area contributed by atoms with Gasteiger partial charge in [-0.3, -0.25) is 0 Å². The molecule has 2 aromatic carbocycles. The Balaban J connectivity index is 0.000000671. The number of rotatable bonds is 12. The van der Waals surface area contributed by atoms with Gasteiger partial charge in [-0.05, 0) is 76.4 Å². The van der Waals surface area contributed by atoms with Crippen molar-refractivity contribution in [3.63, 3.8) is 0 Å². The van der Waals surface area contributed by atoms with Gasteiger partial charge < -0.3 is 48.7 Å². The number of phosphoric acid groups is 1. The zero-order valence-corrected chi connectivity index (χ0v) is 27.2. The van der Waals surface area contributed by atoms with Gasteiger partial charge in [-0.25, -0.2) is 0 Å². The van der Waals surface area contributed by atoms with Crippen LogP contribution in [0.1, 0.15) is 51.7 Å². The summed E-state index contributed by atoms with van der Waals surface area (Å²) in [6.07, 6.45) is 1.38. The maximum absolute atomic E-state index is 10.9. The standard InChI is InChI=1S/2C15H25NO2.H3O4P/c2*1-6-15(17,12(2)11-16(3)4)13-8-7-9-14(10-13)18-5;1-5(2,3)4/h2*7-10,12,17H,6,11H2,1-5H3;(H3,1,2,3,4)/p-2/t2*12-,15-;/m11./s1. The smallest absolute Gasteiger partial charge is 0.119 e. The van der Waals surface area contributed by atoms with Crippen molar-refractivity contribution >= 4 is 7.82 Å². The molecule has 0 saturated heterocycles. The predicted molar refractivity (Wildman–Crippen MR) is 160 cm³/mol. The minimum absolute atomic E-state index is 0.157. The molecule has 0 aliphatic rings. The summed E-state index contributed by atoms with van der Waals surface area (Å²) < 4.78 is 19.1. The summed E-state index contributed by atoms with van der Waals surface area (Å²) in [6.45, 7) is 9.91. The average Bonchev–Trinajstić information content (AvgIpc) is 2.90. The number of benzene rings is 2. The van der Waals surface area contributed by atoms with Crippen LogP contribution in [-0.2, 0) is 15.8 Å². The van der Waals surface area contributed by atoms with E-state index in [-0.39, 0.29) is 11.8 Å². The van der Waals surface area contributed by atoms with E-state index in [0.717, 1.165) is 35.7 Å². The van der Waals surface area contributed by atoms with Crippen molar-refractivity contribution in [1.82, 2.24) is 9.80 Å². The van der Waals surface area contributed by atoms with Crippen LogP contribution in [0.25, 0.3) is 0 Å². The number of hydrogen-bond acceptors (Lipinski definition) is 9. The number of hydrogen-bond donors (Lipinski definition) is 3. The van der Waals surface area contributed by atoms with Gasteiger partial charge in [0, 0.05) is 24.9 Å². The Labute approximate surface area is 246 Å². The molecule has 0 radical (unpaired) electrons. The first-order valence-electron chi connectivity index (χ1n) is 13.7. The minimum Gasteiger partial charge on any atom is -0.790 e. The largest absolute Gasteiger partial charge is 0.790 e. The van der Waals surface area contributed by atoms with E-state index >= 15 is 0 Å². The van der Waals surface area contributed by atoms with Gasteiger partial charge in [0.2, 0.25) is 0 Å². The number of aliphatic hydroxyl groups is 2. The zero-order valence-electron chi connectivity index (χ0n) is 26.3. The van der Waals surface area contributed by atoms with Crippen molar-refractivity contribution in [2.24, 2.45) is 11.8 Å². The van der Waals surface area contributed by atoms with E-state index in [1.807, 2.05) is 90.6 Å². The van der Waals surface area contributed by atoms with E-state index in [1.165, 1.54) is 0 Å². The van der Waals surface area contributed by atoms with Gasteiger partial charge in [0.1, 0.15) is 11.5 Å². The summed E-state index contributed by atoms with van der Waals surface area (Å²) >= 11 is 0. The third-order valence-corrected chi connectivity index (χ3v) is 7.13. The molecule has 0 unspecified atom stereocenters. The summed E-state index contributed by atoms with van der Waals surface area (Å²) in [5.41, 5.74) is 0.245. The Morgan fingerprint density at radius 2 is 1.07 bits per heavy atom. The van der Waals surface area contributed by atoms with Crippen LogP contribution in [0.15, 0.2) is 48.5 Å². The van der Waals surface area contributed by atoms with E-state index in [2.05, 4.69) is 23.6 Å². The average molecular weight is 599 g/mol. The van der Waals surface area contributed by atoms with Crippen molar-refractivity contribution in [1.29, 1.82) is 0 Å². The molecule has 2 aromatic rings. The molecule has 2 rings (SSSR count). The second-order valence-corrected chi connectivity index (χ2v) is 11.8. The fraction of sp³-hybridized carbons (Fsp3) is 0.600. The lowest BCUT2D eigenvalue weighted by molar-refractivity contribution is -0.337. The lowest BCUT2D eigenvalue weighted by Crippen LogP contribution is -2.38. The van der Waals surface area contributed by atoms with E-state index in [9.17, 15) is 10.2 Å². The highest BCUT2D eigenvalue weighted by Gasteiger charge is 2.35. The monoisotopic (exact) mass is 598 g/mol. The topological polar surface area (TPSA) is 149 Å². The highest BCUT2D eigenvalue weighted by Crippen LogP contribution is 2.36. The molecule has 0 aliphatic heterocycles. The maximum Gasteiger partial charge on any atom is 0.119 e. The van der Waals surface area contributed by atoms with Crippen LogP contribution in [0, 0.1) is 11.8 Å². The van der Waals surface area contributed by atoms with Crippen molar-refractivity contribution < 1.29 is 38.9 Å². The summed E-state index contributed by atoms with van der Waals surface area (Å²) in [5, 5.41) is 21.9. The lowest BCUT2D eigenvalue weighted by Gasteiger charge is -2.35. The normalized spacial score (nSPS) is 15.8. The summed E-state index contributed by atoms with van der Waals surface area (Å²) in [4.78, 5) is 28.5.